The zero-order chi connectivity index (χ0) is 29.5. The molecule has 2 aromatic heterocycles. The molecule has 0 fully saturated rings. The van der Waals surface area contributed by atoms with E-state index in [1.807, 2.05) is 51.1 Å². The second-order valence-electron chi connectivity index (χ2n) is 10.3. The summed E-state index contributed by atoms with van der Waals surface area (Å²) in [5.41, 5.74) is 5.00. The lowest BCUT2D eigenvalue weighted by Gasteiger charge is -2.29. The van der Waals surface area contributed by atoms with Crippen molar-refractivity contribution in [1.82, 2.24) is 14.0 Å². The SMILES string of the molecule is CCN(CC)C(=O)C1=C(C)N=c2s/c(=C/c3ccc4c(c3)c3ccccc3n4CC)c(=O)n2[C@H]1c1ccccc1OC. The lowest BCUT2D eigenvalue weighted by atomic mass is 9.94. The zero-order valence-corrected chi connectivity index (χ0v) is 25.4. The van der Waals surface area contributed by atoms with Gasteiger partial charge in [0.1, 0.15) is 11.8 Å². The molecule has 0 spiro atoms. The molecule has 1 amide bonds. The largest absolute Gasteiger partial charge is 0.496 e. The number of rotatable bonds is 7. The van der Waals surface area contributed by atoms with Crippen molar-refractivity contribution in [3.63, 3.8) is 0 Å². The molecule has 7 nitrogen and oxygen atoms in total. The number of thiazole rings is 1. The monoisotopic (exact) mass is 578 g/mol. The number of fused-ring (bicyclic) bond motifs is 4. The molecule has 1 aliphatic heterocycles. The molecule has 0 saturated carbocycles. The first kappa shape index (κ1) is 27.7. The molecule has 3 heterocycles. The van der Waals surface area contributed by atoms with E-state index in [2.05, 4.69) is 54.0 Å². The summed E-state index contributed by atoms with van der Waals surface area (Å²) < 4.78 is 10.3. The van der Waals surface area contributed by atoms with Crippen LogP contribution in [-0.2, 0) is 11.3 Å². The van der Waals surface area contributed by atoms with Crippen molar-refractivity contribution >= 4 is 45.1 Å². The van der Waals surface area contributed by atoms with Crippen LogP contribution in [0.3, 0.4) is 0 Å². The Kier molecular flexibility index (Phi) is 7.33. The van der Waals surface area contributed by atoms with E-state index >= 15 is 0 Å². The molecule has 8 heteroatoms. The molecule has 5 aromatic rings. The van der Waals surface area contributed by atoms with E-state index in [0.29, 0.717) is 39.4 Å². The Morgan fingerprint density at radius 2 is 1.71 bits per heavy atom. The van der Waals surface area contributed by atoms with Crippen LogP contribution in [0.5, 0.6) is 5.75 Å². The number of aromatic nitrogens is 2. The van der Waals surface area contributed by atoms with E-state index in [0.717, 1.165) is 23.1 Å². The topological polar surface area (TPSA) is 68.8 Å². The molecule has 42 heavy (non-hydrogen) atoms. The Balaban J connectivity index is 1.57. The van der Waals surface area contributed by atoms with E-state index in [1.54, 1.807) is 16.6 Å². The minimum absolute atomic E-state index is 0.121. The highest BCUT2D eigenvalue weighted by molar-refractivity contribution is 7.07. The summed E-state index contributed by atoms with van der Waals surface area (Å²) in [4.78, 5) is 35.2. The van der Waals surface area contributed by atoms with E-state index in [4.69, 9.17) is 9.73 Å². The predicted molar refractivity (Wildman–Crippen MR) is 170 cm³/mol. The number of hydrogen-bond donors (Lipinski definition) is 0. The van der Waals surface area contributed by atoms with Crippen LogP contribution >= 0.6 is 11.3 Å². The summed E-state index contributed by atoms with van der Waals surface area (Å²) in [6.45, 7) is 9.92. The minimum atomic E-state index is -0.655. The maximum absolute atomic E-state index is 14.2. The first-order valence-electron chi connectivity index (χ1n) is 14.4. The van der Waals surface area contributed by atoms with Gasteiger partial charge in [-0.25, -0.2) is 4.99 Å². The fraction of sp³-hybridized carbons (Fsp3) is 0.265. The third kappa shape index (κ3) is 4.38. The molecule has 0 aliphatic carbocycles. The number of methoxy groups -OCH3 is 1. The average Bonchev–Trinajstić information content (AvgIpc) is 3.49. The van der Waals surface area contributed by atoms with Gasteiger partial charge in [-0.2, -0.15) is 0 Å². The molecule has 6 rings (SSSR count). The first-order chi connectivity index (χ1) is 20.4. The molecule has 1 aliphatic rings. The number of aryl methyl sites for hydroxylation is 1. The van der Waals surface area contributed by atoms with Crippen LogP contribution in [0, 0.1) is 0 Å². The van der Waals surface area contributed by atoms with E-state index < -0.39 is 6.04 Å². The number of benzene rings is 3. The van der Waals surface area contributed by atoms with E-state index in [1.165, 1.54) is 27.8 Å². The third-order valence-electron chi connectivity index (χ3n) is 8.15. The maximum Gasteiger partial charge on any atom is 0.271 e. The lowest BCUT2D eigenvalue weighted by Crippen LogP contribution is -2.43. The van der Waals surface area contributed by atoms with Gasteiger partial charge in [0.15, 0.2) is 4.80 Å². The van der Waals surface area contributed by atoms with Gasteiger partial charge in [-0.05, 0) is 63.6 Å². The molecule has 0 saturated heterocycles. The number of carbonyl (C=O) groups excluding carboxylic acids is 1. The van der Waals surface area contributed by atoms with Gasteiger partial charge in [0.25, 0.3) is 11.5 Å². The van der Waals surface area contributed by atoms with Gasteiger partial charge < -0.3 is 14.2 Å². The van der Waals surface area contributed by atoms with Crippen molar-refractivity contribution in [3.05, 3.63) is 109 Å². The molecule has 0 bridgehead atoms. The fourth-order valence-corrected chi connectivity index (χ4v) is 7.16. The van der Waals surface area contributed by atoms with Crippen LogP contribution in [0.25, 0.3) is 27.9 Å². The molecule has 3 aromatic carbocycles. The Bertz CT molecular complexity index is 2060. The van der Waals surface area contributed by atoms with Gasteiger partial charge in [0, 0.05) is 47.0 Å². The molecular weight excluding hydrogens is 544 g/mol. The predicted octanol–water partition coefficient (Wildman–Crippen LogP) is 5.24. The highest BCUT2D eigenvalue weighted by atomic mass is 32.1. The van der Waals surface area contributed by atoms with Crippen LogP contribution in [0.2, 0.25) is 0 Å². The smallest absolute Gasteiger partial charge is 0.271 e. The maximum atomic E-state index is 14.2. The summed E-state index contributed by atoms with van der Waals surface area (Å²) in [5.74, 6) is 0.499. The molecule has 0 N–H and O–H groups in total. The summed E-state index contributed by atoms with van der Waals surface area (Å²) in [5, 5.41) is 2.35. The second kappa shape index (κ2) is 11.1. The van der Waals surface area contributed by atoms with Gasteiger partial charge in [-0.15, -0.1) is 0 Å². The summed E-state index contributed by atoms with van der Waals surface area (Å²) in [6, 6.07) is 21.7. The van der Waals surface area contributed by atoms with Crippen molar-refractivity contribution in [2.45, 2.75) is 40.3 Å². The summed E-state index contributed by atoms with van der Waals surface area (Å²) in [7, 11) is 1.61. The molecule has 1 atom stereocenters. The lowest BCUT2D eigenvalue weighted by molar-refractivity contribution is -0.127. The number of hydrogen-bond acceptors (Lipinski definition) is 5. The number of carbonyl (C=O) groups is 1. The molecular formula is C34H34N4O3S. The van der Waals surface area contributed by atoms with Gasteiger partial charge >= 0.3 is 0 Å². The summed E-state index contributed by atoms with van der Waals surface area (Å²) in [6.07, 6.45) is 1.94. The highest BCUT2D eigenvalue weighted by Gasteiger charge is 2.35. The quantitative estimate of drug-likeness (QED) is 0.265. The first-order valence-corrected chi connectivity index (χ1v) is 15.2. The van der Waals surface area contributed by atoms with Crippen LogP contribution in [-0.4, -0.2) is 40.1 Å². The van der Waals surface area contributed by atoms with Crippen LogP contribution < -0.4 is 19.6 Å². The van der Waals surface area contributed by atoms with Gasteiger partial charge in [-0.1, -0.05) is 53.8 Å². The average molecular weight is 579 g/mol. The number of nitrogens with zero attached hydrogens (tertiary/aromatic N) is 4. The van der Waals surface area contributed by atoms with Crippen LogP contribution in [0.15, 0.2) is 87.8 Å². The Morgan fingerprint density at radius 3 is 2.45 bits per heavy atom. The molecule has 214 valence electrons. The number of allylic oxidation sites excluding steroid dienone is 1. The molecule has 0 radical (unpaired) electrons. The van der Waals surface area contributed by atoms with Crippen LogP contribution in [0.4, 0.5) is 0 Å². The van der Waals surface area contributed by atoms with Gasteiger partial charge in [0.05, 0.1) is 22.9 Å². The van der Waals surface area contributed by atoms with Crippen molar-refractivity contribution in [2.75, 3.05) is 20.2 Å². The van der Waals surface area contributed by atoms with Gasteiger partial charge in [0.2, 0.25) is 0 Å². The highest BCUT2D eigenvalue weighted by Crippen LogP contribution is 2.36. The number of likely N-dealkylation sites (N-methyl/N-ethyl adjacent to an activating group) is 1. The van der Waals surface area contributed by atoms with Crippen molar-refractivity contribution in [3.8, 4) is 5.75 Å². The van der Waals surface area contributed by atoms with E-state index in [-0.39, 0.29) is 11.5 Å². The van der Waals surface area contributed by atoms with Crippen molar-refractivity contribution in [1.29, 1.82) is 0 Å². The summed E-state index contributed by atoms with van der Waals surface area (Å²) >= 11 is 1.35. The number of ether oxygens (including phenoxy) is 1. The Morgan fingerprint density at radius 1 is 1.00 bits per heavy atom. The number of amides is 1. The van der Waals surface area contributed by atoms with Crippen molar-refractivity contribution in [2.24, 2.45) is 4.99 Å². The second-order valence-corrected chi connectivity index (χ2v) is 11.3. The normalized spacial score (nSPS) is 15.3. The zero-order valence-electron chi connectivity index (χ0n) is 24.5. The third-order valence-corrected chi connectivity index (χ3v) is 9.13. The minimum Gasteiger partial charge on any atom is -0.496 e. The Labute approximate surface area is 248 Å². The Hall–Kier alpha value is -4.43. The number of para-hydroxylation sites is 2. The van der Waals surface area contributed by atoms with Gasteiger partial charge in [-0.3, -0.25) is 14.2 Å². The van der Waals surface area contributed by atoms with Crippen molar-refractivity contribution < 1.29 is 9.53 Å². The van der Waals surface area contributed by atoms with E-state index in [9.17, 15) is 9.59 Å². The standard InChI is InChI=1S/C34H34N4O3S/c1-6-36(7-2)33(40)30-21(4)35-34-38(31(30)24-14-10-12-16-28(24)41-5)32(39)29(42-34)20-22-17-18-27-25(19-22)23-13-9-11-15-26(23)37(27)8-3/h9-20,31H,6-8H2,1-5H3/b29-20+/t31-/m0/s1. The van der Waals surface area contributed by atoms with Crippen LogP contribution in [0.1, 0.15) is 44.9 Å². The fourth-order valence-electron chi connectivity index (χ4n) is 6.12. The molecule has 0 unspecified atom stereocenters.